The molecule has 1 aromatic carbocycles. The van der Waals surface area contributed by atoms with Crippen LogP contribution in [0.1, 0.15) is 18.7 Å². The van der Waals surface area contributed by atoms with E-state index in [1.165, 1.54) is 17.5 Å². The maximum absolute atomic E-state index is 12.0. The monoisotopic (exact) mass is 443 g/mol. The molecule has 0 aliphatic heterocycles. The van der Waals surface area contributed by atoms with E-state index in [2.05, 4.69) is 15.6 Å². The van der Waals surface area contributed by atoms with Gasteiger partial charge in [0.15, 0.2) is 10.0 Å². The van der Waals surface area contributed by atoms with Gasteiger partial charge in [0.25, 0.3) is 0 Å². The summed E-state index contributed by atoms with van der Waals surface area (Å²) in [5.74, 6) is -1.53. The van der Waals surface area contributed by atoms with Crippen LogP contribution in [0.2, 0.25) is 9.49 Å². The fraction of sp³-hybridized carbons (Fsp3) is 0.278. The van der Waals surface area contributed by atoms with E-state index in [9.17, 15) is 9.59 Å². The summed E-state index contributed by atoms with van der Waals surface area (Å²) in [7, 11) is 0. The molecule has 0 unspecified atom stereocenters. The van der Waals surface area contributed by atoms with Crippen LogP contribution < -0.4 is 10.6 Å². The normalized spacial score (nSPS) is 10.1. The Morgan fingerprint density at radius 2 is 1.82 bits per heavy atom. The number of benzene rings is 1. The van der Waals surface area contributed by atoms with E-state index < -0.39 is 11.9 Å². The molecule has 0 saturated heterocycles. The summed E-state index contributed by atoms with van der Waals surface area (Å²) < 4.78 is 10.3. The number of hydrogen-bond donors (Lipinski definition) is 2. The summed E-state index contributed by atoms with van der Waals surface area (Å²) in [5, 5.41) is 6.68. The molecule has 0 spiro atoms. The molecule has 2 N–H and O–H groups in total. The lowest BCUT2D eigenvalue weighted by molar-refractivity contribution is -0.146. The Bertz CT molecular complexity index is 850. The zero-order chi connectivity index (χ0) is 20.5. The number of anilines is 2. The Morgan fingerprint density at radius 1 is 1.14 bits per heavy atom. The van der Waals surface area contributed by atoms with E-state index >= 15 is 0 Å². The zero-order valence-corrected chi connectivity index (χ0v) is 17.6. The molecule has 0 bridgehead atoms. The Hall–Kier alpha value is -2.29. The van der Waals surface area contributed by atoms with E-state index in [0.29, 0.717) is 27.4 Å². The van der Waals surface area contributed by atoms with Gasteiger partial charge in [0.1, 0.15) is 0 Å². The van der Waals surface area contributed by atoms with Gasteiger partial charge in [-0.1, -0.05) is 23.2 Å². The van der Waals surface area contributed by atoms with Crippen LogP contribution in [0.4, 0.5) is 11.4 Å². The minimum absolute atomic E-state index is 0.140. The molecule has 0 radical (unpaired) electrons. The van der Waals surface area contributed by atoms with E-state index in [-0.39, 0.29) is 18.8 Å². The van der Waals surface area contributed by atoms with Crippen molar-refractivity contribution >= 4 is 57.9 Å². The minimum atomic E-state index is -0.767. The van der Waals surface area contributed by atoms with Crippen LogP contribution in [0.3, 0.4) is 0 Å². The minimum Gasteiger partial charge on any atom is -0.462 e. The van der Waals surface area contributed by atoms with Crippen molar-refractivity contribution in [2.45, 2.75) is 20.4 Å². The summed E-state index contributed by atoms with van der Waals surface area (Å²) in [6, 6.07) is 5.12. The summed E-state index contributed by atoms with van der Waals surface area (Å²) in [6.45, 7) is 4.06. The fourth-order valence-corrected chi connectivity index (χ4v) is 3.19. The molecule has 1 heterocycles. The van der Waals surface area contributed by atoms with Crippen molar-refractivity contribution in [1.82, 2.24) is 4.98 Å². The van der Waals surface area contributed by atoms with Crippen molar-refractivity contribution < 1.29 is 19.1 Å². The second kappa shape index (κ2) is 10.9. The highest BCUT2D eigenvalue weighted by Gasteiger charge is 2.21. The average molecular weight is 444 g/mol. The zero-order valence-electron chi connectivity index (χ0n) is 15.3. The molecule has 10 heteroatoms. The smallest absolute Gasteiger partial charge is 0.347 e. The van der Waals surface area contributed by atoms with Crippen molar-refractivity contribution in [3.8, 4) is 0 Å². The van der Waals surface area contributed by atoms with E-state index in [1.807, 2.05) is 0 Å². The lowest BCUT2D eigenvalue weighted by Crippen LogP contribution is -2.19. The van der Waals surface area contributed by atoms with E-state index in [1.54, 1.807) is 38.2 Å². The van der Waals surface area contributed by atoms with E-state index in [4.69, 9.17) is 32.7 Å². The first-order valence-corrected chi connectivity index (χ1v) is 9.96. The number of thiazole rings is 1. The third kappa shape index (κ3) is 6.40. The van der Waals surface area contributed by atoms with Crippen molar-refractivity contribution in [3.05, 3.63) is 50.5 Å². The Morgan fingerprint density at radius 3 is 2.39 bits per heavy atom. The van der Waals surface area contributed by atoms with Crippen LogP contribution in [-0.2, 0) is 25.6 Å². The lowest BCUT2D eigenvalue weighted by Gasteiger charge is -2.13. The molecule has 0 aliphatic carbocycles. The van der Waals surface area contributed by atoms with Crippen LogP contribution in [-0.4, -0.2) is 30.1 Å². The first-order chi connectivity index (χ1) is 13.4. The number of nitrogens with one attached hydrogen (secondary N) is 2. The molecule has 0 aliphatic rings. The van der Waals surface area contributed by atoms with Gasteiger partial charge in [-0.25, -0.2) is 14.6 Å². The van der Waals surface area contributed by atoms with Gasteiger partial charge in [-0.05, 0) is 32.0 Å². The van der Waals surface area contributed by atoms with Crippen LogP contribution >= 0.6 is 34.5 Å². The highest BCUT2D eigenvalue weighted by molar-refractivity contribution is 7.15. The molecular formula is C18H19Cl2N3O4S. The third-order valence-corrected chi connectivity index (χ3v) is 4.67. The average Bonchev–Trinajstić information content (AvgIpc) is 3.07. The van der Waals surface area contributed by atoms with Crippen LogP contribution in [0.5, 0.6) is 0 Å². The molecule has 2 rings (SSSR count). The first-order valence-electron chi connectivity index (χ1n) is 8.39. The maximum Gasteiger partial charge on any atom is 0.347 e. The Kier molecular flexibility index (Phi) is 8.56. The molecule has 2 aromatic rings. The van der Waals surface area contributed by atoms with Gasteiger partial charge in [0.2, 0.25) is 0 Å². The van der Waals surface area contributed by atoms with Crippen molar-refractivity contribution in [3.63, 3.8) is 0 Å². The molecular weight excluding hydrogens is 425 g/mol. The highest BCUT2D eigenvalue weighted by atomic mass is 35.5. The Balaban J connectivity index is 2.21. The number of carbonyl (C=O) groups is 2. The molecule has 0 amide bonds. The molecule has 150 valence electrons. The number of hydrogen-bond acceptors (Lipinski definition) is 8. The second-order valence-corrected chi connectivity index (χ2v) is 7.40. The Labute approximate surface area is 176 Å². The van der Waals surface area contributed by atoms with Gasteiger partial charge in [-0.3, -0.25) is 0 Å². The second-order valence-electron chi connectivity index (χ2n) is 5.27. The van der Waals surface area contributed by atoms with Gasteiger partial charge >= 0.3 is 11.9 Å². The molecule has 0 saturated carbocycles. The van der Waals surface area contributed by atoms with Gasteiger partial charge in [0, 0.05) is 22.3 Å². The molecule has 28 heavy (non-hydrogen) atoms. The standard InChI is InChI=1S/C18H19Cl2N3O4S/c1-3-26-16(24)13(17(25)27-4-2)10-22-14-6-5-11(19)7-15(14)21-8-12-9-23-18(20)28-12/h5-7,9-10,21-22H,3-4,8H2,1-2H3. The first kappa shape index (κ1) is 22.0. The number of rotatable bonds is 9. The molecule has 1 aromatic heterocycles. The molecule has 0 atom stereocenters. The largest absolute Gasteiger partial charge is 0.462 e. The maximum atomic E-state index is 12.0. The number of halogens is 2. The predicted octanol–water partition coefficient (Wildman–Crippen LogP) is 4.48. The fourth-order valence-electron chi connectivity index (χ4n) is 2.11. The van der Waals surface area contributed by atoms with Crippen molar-refractivity contribution in [2.75, 3.05) is 23.8 Å². The molecule has 0 fully saturated rings. The third-order valence-electron chi connectivity index (χ3n) is 3.32. The molecule has 7 nitrogen and oxygen atoms in total. The van der Waals surface area contributed by atoms with Gasteiger partial charge < -0.3 is 20.1 Å². The van der Waals surface area contributed by atoms with Gasteiger partial charge in [0.05, 0.1) is 31.1 Å². The quantitative estimate of drug-likeness (QED) is 0.255. The van der Waals surface area contributed by atoms with E-state index in [0.717, 1.165) is 4.88 Å². The highest BCUT2D eigenvalue weighted by Crippen LogP contribution is 2.28. The van der Waals surface area contributed by atoms with Crippen LogP contribution in [0, 0.1) is 0 Å². The van der Waals surface area contributed by atoms with Crippen molar-refractivity contribution in [2.24, 2.45) is 0 Å². The number of esters is 2. The van der Waals surface area contributed by atoms with Crippen molar-refractivity contribution in [1.29, 1.82) is 0 Å². The summed E-state index contributed by atoms with van der Waals surface area (Å²) >= 11 is 13.3. The topological polar surface area (TPSA) is 89.5 Å². The number of ether oxygens (including phenoxy) is 2. The van der Waals surface area contributed by atoms with Crippen LogP contribution in [0.25, 0.3) is 0 Å². The van der Waals surface area contributed by atoms with Gasteiger partial charge in [-0.15, -0.1) is 11.3 Å². The number of aromatic nitrogens is 1. The lowest BCUT2D eigenvalue weighted by atomic mass is 10.2. The predicted molar refractivity (Wildman–Crippen MR) is 111 cm³/mol. The SMILES string of the molecule is CCOC(=O)C(=CNc1ccc(Cl)cc1NCc1cnc(Cl)s1)C(=O)OCC. The van der Waals surface area contributed by atoms with Crippen LogP contribution in [0.15, 0.2) is 36.2 Å². The summed E-state index contributed by atoms with van der Waals surface area (Å²) in [4.78, 5) is 29.0. The van der Waals surface area contributed by atoms with Gasteiger partial charge in [-0.2, -0.15) is 0 Å². The summed E-state index contributed by atoms with van der Waals surface area (Å²) in [6.07, 6.45) is 2.94. The number of carbonyl (C=O) groups excluding carboxylic acids is 2. The number of nitrogens with zero attached hydrogens (tertiary/aromatic N) is 1. The summed E-state index contributed by atoms with van der Waals surface area (Å²) in [5.41, 5.74) is 1.03.